The van der Waals surface area contributed by atoms with Crippen LogP contribution in [-0.4, -0.2) is 27.4 Å². The molecule has 1 aliphatic carbocycles. The molecular weight excluding hydrogens is 200 g/mol. The molecule has 0 amide bonds. The van der Waals surface area contributed by atoms with Crippen molar-refractivity contribution in [2.45, 2.75) is 57.5 Å². The van der Waals surface area contributed by atoms with Crippen molar-refractivity contribution in [3.63, 3.8) is 0 Å². The molecule has 2 unspecified atom stereocenters. The molecule has 0 saturated heterocycles. The van der Waals surface area contributed by atoms with E-state index in [1.807, 2.05) is 11.0 Å². The van der Waals surface area contributed by atoms with Gasteiger partial charge in [-0.1, -0.05) is 26.2 Å². The zero-order chi connectivity index (χ0) is 11.2. The molecule has 90 valence electrons. The number of nitrogens with one attached hydrogen (secondary N) is 1. The van der Waals surface area contributed by atoms with Gasteiger partial charge >= 0.3 is 0 Å². The van der Waals surface area contributed by atoms with Crippen molar-refractivity contribution in [3.8, 4) is 0 Å². The minimum absolute atomic E-state index is 0.497. The van der Waals surface area contributed by atoms with Crippen LogP contribution in [0.1, 0.15) is 51.5 Å². The summed E-state index contributed by atoms with van der Waals surface area (Å²) in [7, 11) is 0. The van der Waals surface area contributed by atoms with Crippen molar-refractivity contribution in [2.24, 2.45) is 0 Å². The second kappa shape index (κ2) is 5.99. The van der Waals surface area contributed by atoms with Crippen LogP contribution in [-0.2, 0) is 0 Å². The highest BCUT2D eigenvalue weighted by atomic mass is 15.3. The van der Waals surface area contributed by atoms with E-state index in [4.69, 9.17) is 0 Å². The number of rotatable bonds is 4. The molecule has 1 aliphatic rings. The molecule has 1 heterocycles. The standard InChI is InChI=1S/C12H22N4/c1-2-8-14-11-6-4-3-5-7-12(11)16-10-13-9-15-16/h9-12,14H,2-8H2,1H3. The monoisotopic (exact) mass is 222 g/mol. The fourth-order valence-electron chi connectivity index (χ4n) is 2.56. The van der Waals surface area contributed by atoms with E-state index in [1.165, 1.54) is 38.5 Å². The summed E-state index contributed by atoms with van der Waals surface area (Å²) in [6.45, 7) is 3.32. The smallest absolute Gasteiger partial charge is 0.137 e. The average Bonchev–Trinajstić information content (AvgIpc) is 2.73. The summed E-state index contributed by atoms with van der Waals surface area (Å²) in [5.74, 6) is 0. The zero-order valence-corrected chi connectivity index (χ0v) is 10.1. The van der Waals surface area contributed by atoms with Crippen LogP contribution in [0.25, 0.3) is 0 Å². The van der Waals surface area contributed by atoms with E-state index in [0.29, 0.717) is 12.1 Å². The van der Waals surface area contributed by atoms with Crippen LogP contribution < -0.4 is 5.32 Å². The Morgan fingerprint density at radius 3 is 2.94 bits per heavy atom. The van der Waals surface area contributed by atoms with E-state index in [-0.39, 0.29) is 0 Å². The highest BCUT2D eigenvalue weighted by Crippen LogP contribution is 2.26. The molecule has 0 spiro atoms. The summed E-state index contributed by atoms with van der Waals surface area (Å²) in [6, 6.07) is 1.07. The van der Waals surface area contributed by atoms with Gasteiger partial charge in [0.2, 0.25) is 0 Å². The van der Waals surface area contributed by atoms with Crippen molar-refractivity contribution in [1.29, 1.82) is 0 Å². The molecule has 1 saturated carbocycles. The van der Waals surface area contributed by atoms with Gasteiger partial charge in [-0.05, 0) is 25.8 Å². The average molecular weight is 222 g/mol. The Balaban J connectivity index is 2.04. The van der Waals surface area contributed by atoms with Gasteiger partial charge in [-0.3, -0.25) is 0 Å². The maximum atomic E-state index is 4.31. The van der Waals surface area contributed by atoms with Gasteiger partial charge in [0, 0.05) is 6.04 Å². The highest BCUT2D eigenvalue weighted by molar-refractivity contribution is 4.83. The van der Waals surface area contributed by atoms with Crippen LogP contribution in [0.4, 0.5) is 0 Å². The fourth-order valence-corrected chi connectivity index (χ4v) is 2.56. The Hall–Kier alpha value is -0.900. The number of hydrogen-bond donors (Lipinski definition) is 1. The summed E-state index contributed by atoms with van der Waals surface area (Å²) in [4.78, 5) is 4.07. The summed E-state index contributed by atoms with van der Waals surface area (Å²) >= 11 is 0. The van der Waals surface area contributed by atoms with Gasteiger partial charge in [-0.15, -0.1) is 0 Å². The van der Waals surface area contributed by atoms with Crippen molar-refractivity contribution in [2.75, 3.05) is 6.54 Å². The molecule has 0 bridgehead atoms. The molecule has 4 nitrogen and oxygen atoms in total. The summed E-state index contributed by atoms with van der Waals surface area (Å²) < 4.78 is 2.04. The first-order valence-corrected chi connectivity index (χ1v) is 6.49. The van der Waals surface area contributed by atoms with E-state index in [1.54, 1.807) is 6.33 Å². The van der Waals surface area contributed by atoms with Gasteiger partial charge < -0.3 is 5.32 Å². The first-order valence-electron chi connectivity index (χ1n) is 6.49. The largest absolute Gasteiger partial charge is 0.312 e. The molecule has 0 aromatic carbocycles. The molecule has 1 N–H and O–H groups in total. The van der Waals surface area contributed by atoms with E-state index < -0.39 is 0 Å². The van der Waals surface area contributed by atoms with Gasteiger partial charge in [-0.25, -0.2) is 9.67 Å². The number of hydrogen-bond acceptors (Lipinski definition) is 3. The van der Waals surface area contributed by atoms with Crippen LogP contribution in [0.3, 0.4) is 0 Å². The fraction of sp³-hybridized carbons (Fsp3) is 0.833. The molecule has 2 atom stereocenters. The second-order valence-corrected chi connectivity index (χ2v) is 4.64. The van der Waals surface area contributed by atoms with Gasteiger partial charge in [0.15, 0.2) is 0 Å². The SMILES string of the molecule is CCCNC1CCCCCC1n1cncn1. The van der Waals surface area contributed by atoms with Gasteiger partial charge in [0.1, 0.15) is 12.7 Å². The lowest BCUT2D eigenvalue weighted by molar-refractivity contribution is 0.309. The number of aromatic nitrogens is 3. The molecule has 1 aromatic rings. The molecule has 0 aliphatic heterocycles. The van der Waals surface area contributed by atoms with Crippen LogP contribution in [0.5, 0.6) is 0 Å². The molecule has 4 heteroatoms. The van der Waals surface area contributed by atoms with E-state index in [2.05, 4.69) is 22.3 Å². The van der Waals surface area contributed by atoms with E-state index >= 15 is 0 Å². The predicted molar refractivity (Wildman–Crippen MR) is 64.2 cm³/mol. The topological polar surface area (TPSA) is 42.7 Å². The van der Waals surface area contributed by atoms with Crippen LogP contribution in [0.15, 0.2) is 12.7 Å². The first-order chi connectivity index (χ1) is 7.92. The van der Waals surface area contributed by atoms with Gasteiger partial charge in [-0.2, -0.15) is 5.10 Å². The van der Waals surface area contributed by atoms with Crippen LogP contribution in [0, 0.1) is 0 Å². The first kappa shape index (κ1) is 11.6. The van der Waals surface area contributed by atoms with Crippen molar-refractivity contribution in [1.82, 2.24) is 20.1 Å². The van der Waals surface area contributed by atoms with E-state index in [0.717, 1.165) is 6.54 Å². The third kappa shape index (κ3) is 2.82. The molecule has 16 heavy (non-hydrogen) atoms. The quantitative estimate of drug-likeness (QED) is 0.794. The molecule has 1 fully saturated rings. The van der Waals surface area contributed by atoms with Crippen molar-refractivity contribution >= 4 is 0 Å². The Bertz CT molecular complexity index is 283. The lowest BCUT2D eigenvalue weighted by Gasteiger charge is -2.26. The third-order valence-corrected chi connectivity index (χ3v) is 3.41. The lowest BCUT2D eigenvalue weighted by Crippen LogP contribution is -2.37. The Kier molecular flexibility index (Phi) is 4.34. The maximum Gasteiger partial charge on any atom is 0.137 e. The van der Waals surface area contributed by atoms with Crippen LogP contribution >= 0.6 is 0 Å². The normalized spacial score (nSPS) is 26.6. The third-order valence-electron chi connectivity index (χ3n) is 3.41. The summed E-state index contributed by atoms with van der Waals surface area (Å²) in [6.07, 6.45) is 11.2. The number of nitrogens with zero attached hydrogens (tertiary/aromatic N) is 3. The molecular formula is C12H22N4. The lowest BCUT2D eigenvalue weighted by atomic mass is 10.0. The zero-order valence-electron chi connectivity index (χ0n) is 10.1. The van der Waals surface area contributed by atoms with Gasteiger partial charge in [0.05, 0.1) is 6.04 Å². The van der Waals surface area contributed by atoms with E-state index in [9.17, 15) is 0 Å². The Morgan fingerprint density at radius 2 is 2.19 bits per heavy atom. The van der Waals surface area contributed by atoms with Crippen molar-refractivity contribution in [3.05, 3.63) is 12.7 Å². The Labute approximate surface area is 97.5 Å². The highest BCUT2D eigenvalue weighted by Gasteiger charge is 2.24. The summed E-state index contributed by atoms with van der Waals surface area (Å²) in [5, 5.41) is 7.97. The molecule has 1 aromatic heterocycles. The minimum atomic E-state index is 0.497. The molecule has 2 rings (SSSR count). The molecule has 0 radical (unpaired) electrons. The van der Waals surface area contributed by atoms with Crippen LogP contribution in [0.2, 0.25) is 0 Å². The maximum absolute atomic E-state index is 4.31. The minimum Gasteiger partial charge on any atom is -0.312 e. The predicted octanol–water partition coefficient (Wildman–Crippen LogP) is 2.15. The van der Waals surface area contributed by atoms with Crippen molar-refractivity contribution < 1.29 is 0 Å². The second-order valence-electron chi connectivity index (χ2n) is 4.64. The Morgan fingerprint density at radius 1 is 1.31 bits per heavy atom. The summed E-state index contributed by atoms with van der Waals surface area (Å²) in [5.41, 5.74) is 0. The van der Waals surface area contributed by atoms with Gasteiger partial charge in [0.25, 0.3) is 0 Å².